The molecule has 3 aromatic rings. The van der Waals surface area contributed by atoms with E-state index in [0.29, 0.717) is 0 Å². The lowest BCUT2D eigenvalue weighted by Gasteiger charge is -2.11. The third-order valence-corrected chi connectivity index (χ3v) is 6.16. The average molecular weight is 507 g/mol. The van der Waals surface area contributed by atoms with E-state index in [-0.39, 0.29) is 0 Å². The first-order valence-electron chi connectivity index (χ1n) is 8.12. The summed E-state index contributed by atoms with van der Waals surface area (Å²) < 4.78 is 4.59. The molecule has 0 unspecified atom stereocenters. The molecule has 1 heterocycles. The quantitative estimate of drug-likeness (QED) is 0.273. The number of hydrogen-bond acceptors (Lipinski definition) is 1. The molecule has 2 nitrogen and oxygen atoms in total. The Morgan fingerprint density at radius 1 is 1.00 bits per heavy atom. The van der Waals surface area contributed by atoms with Gasteiger partial charge in [0.2, 0.25) is 0 Å². The lowest BCUT2D eigenvalue weighted by Crippen LogP contribution is -2.00. The van der Waals surface area contributed by atoms with Gasteiger partial charge in [0.25, 0.3) is 0 Å². The summed E-state index contributed by atoms with van der Waals surface area (Å²) in [5.41, 5.74) is 8.21. The molecule has 0 saturated carbocycles. The van der Waals surface area contributed by atoms with Gasteiger partial charge < -0.3 is 4.57 Å². The number of hydrogen-bond donors (Lipinski definition) is 0. The highest BCUT2D eigenvalue weighted by Crippen LogP contribution is 2.27. The molecule has 0 radical (unpaired) electrons. The molecule has 0 saturated heterocycles. The molecule has 3 rings (SSSR count). The minimum Gasteiger partial charge on any atom is -0.318 e. The smallest absolute Gasteiger partial charge is 0.0772 e. The van der Waals surface area contributed by atoms with Crippen molar-refractivity contribution >= 4 is 50.4 Å². The standard InChI is InChI=1S/C21H20BrIN2/c1-13-5-8-21(19(22)9-13)24-12-17-11-15(3)25(16(17)4)18-6-7-20(23)14(2)10-18/h5-12H,1-4H3. The monoisotopic (exact) mass is 506 g/mol. The first-order chi connectivity index (χ1) is 11.9. The predicted octanol–water partition coefficient (Wildman–Crippen LogP) is 6.83. The Balaban J connectivity index is 1.99. The van der Waals surface area contributed by atoms with Crippen LogP contribution in [0, 0.1) is 31.3 Å². The molecule has 0 amide bonds. The van der Waals surface area contributed by atoms with Gasteiger partial charge in [0.05, 0.1) is 5.69 Å². The molecule has 0 aliphatic carbocycles. The fourth-order valence-electron chi connectivity index (χ4n) is 2.94. The zero-order valence-electron chi connectivity index (χ0n) is 14.8. The number of aromatic nitrogens is 1. The van der Waals surface area contributed by atoms with Crippen LogP contribution in [-0.2, 0) is 0 Å². The minimum absolute atomic E-state index is 0.945. The summed E-state index contributed by atoms with van der Waals surface area (Å²) in [6, 6.07) is 15.0. The van der Waals surface area contributed by atoms with Gasteiger partial charge in [0, 0.05) is 36.9 Å². The molecule has 0 atom stereocenters. The van der Waals surface area contributed by atoms with Gasteiger partial charge in [-0.3, -0.25) is 4.99 Å². The zero-order valence-corrected chi connectivity index (χ0v) is 18.5. The van der Waals surface area contributed by atoms with E-state index in [1.165, 1.54) is 31.8 Å². The van der Waals surface area contributed by atoms with Gasteiger partial charge in [-0.2, -0.15) is 0 Å². The van der Waals surface area contributed by atoms with Gasteiger partial charge in [-0.1, -0.05) is 6.07 Å². The highest BCUT2D eigenvalue weighted by atomic mass is 127. The van der Waals surface area contributed by atoms with E-state index in [1.807, 2.05) is 12.3 Å². The van der Waals surface area contributed by atoms with Crippen LogP contribution in [0.1, 0.15) is 28.1 Å². The SMILES string of the molecule is Cc1ccc(N=Cc2cc(C)n(-c3ccc(I)c(C)c3)c2C)c(Br)c1. The lowest BCUT2D eigenvalue weighted by molar-refractivity contribution is 0.962. The Hall–Kier alpha value is -1.40. The van der Waals surface area contributed by atoms with Crippen LogP contribution in [0.2, 0.25) is 0 Å². The number of benzene rings is 2. The van der Waals surface area contributed by atoms with Gasteiger partial charge in [-0.25, -0.2) is 0 Å². The van der Waals surface area contributed by atoms with Crippen LogP contribution in [0.3, 0.4) is 0 Å². The van der Waals surface area contributed by atoms with Crippen LogP contribution in [0.15, 0.2) is 51.9 Å². The van der Waals surface area contributed by atoms with Crippen molar-refractivity contribution in [3.63, 3.8) is 0 Å². The van der Waals surface area contributed by atoms with Crippen molar-refractivity contribution in [2.45, 2.75) is 27.7 Å². The number of halogens is 2. The van der Waals surface area contributed by atoms with Crippen molar-refractivity contribution in [1.29, 1.82) is 0 Å². The molecule has 0 N–H and O–H groups in total. The van der Waals surface area contributed by atoms with E-state index in [4.69, 9.17) is 0 Å². The second-order valence-electron chi connectivity index (χ2n) is 6.31. The van der Waals surface area contributed by atoms with Gasteiger partial charge >= 0.3 is 0 Å². The fraction of sp³-hybridized carbons (Fsp3) is 0.190. The molecule has 0 fully saturated rings. The molecule has 4 heteroatoms. The highest BCUT2D eigenvalue weighted by molar-refractivity contribution is 14.1. The Labute approximate surface area is 171 Å². The van der Waals surface area contributed by atoms with Crippen molar-refractivity contribution in [2.24, 2.45) is 4.99 Å². The Bertz CT molecular complexity index is 970. The average Bonchev–Trinajstić information content (AvgIpc) is 2.83. The molecule has 0 aliphatic rings. The highest BCUT2D eigenvalue weighted by Gasteiger charge is 2.10. The van der Waals surface area contributed by atoms with Gasteiger partial charge in [0.15, 0.2) is 0 Å². The van der Waals surface area contributed by atoms with Crippen LogP contribution in [0.5, 0.6) is 0 Å². The number of rotatable bonds is 3. The van der Waals surface area contributed by atoms with Gasteiger partial charge in [0.1, 0.15) is 0 Å². The van der Waals surface area contributed by atoms with E-state index in [9.17, 15) is 0 Å². The topological polar surface area (TPSA) is 17.3 Å². The second-order valence-corrected chi connectivity index (χ2v) is 8.32. The maximum Gasteiger partial charge on any atom is 0.0772 e. The van der Waals surface area contributed by atoms with Crippen molar-refractivity contribution in [2.75, 3.05) is 0 Å². The van der Waals surface area contributed by atoms with E-state index in [2.05, 4.69) is 112 Å². The molecule has 0 spiro atoms. The van der Waals surface area contributed by atoms with Gasteiger partial charge in [-0.05, 0) is 114 Å². The van der Waals surface area contributed by atoms with Crippen LogP contribution in [0.4, 0.5) is 5.69 Å². The lowest BCUT2D eigenvalue weighted by atomic mass is 10.2. The van der Waals surface area contributed by atoms with E-state index in [0.717, 1.165) is 15.7 Å². The molecule has 0 aliphatic heterocycles. The maximum atomic E-state index is 4.67. The summed E-state index contributed by atoms with van der Waals surface area (Å²) in [4.78, 5) is 4.67. The number of nitrogens with zero attached hydrogens (tertiary/aromatic N) is 2. The molecule has 128 valence electrons. The molecule has 2 aromatic carbocycles. The third kappa shape index (κ3) is 3.90. The second kappa shape index (κ2) is 7.46. The molecule has 1 aromatic heterocycles. The van der Waals surface area contributed by atoms with Crippen molar-refractivity contribution in [1.82, 2.24) is 4.57 Å². The Morgan fingerprint density at radius 3 is 2.44 bits per heavy atom. The zero-order chi connectivity index (χ0) is 18.1. The fourth-order valence-corrected chi connectivity index (χ4v) is 3.87. The largest absolute Gasteiger partial charge is 0.318 e. The van der Waals surface area contributed by atoms with Crippen LogP contribution < -0.4 is 0 Å². The molecule has 0 bridgehead atoms. The summed E-state index contributed by atoms with van der Waals surface area (Å²) in [6.07, 6.45) is 1.95. The van der Waals surface area contributed by atoms with Crippen LogP contribution in [-0.4, -0.2) is 10.8 Å². The van der Waals surface area contributed by atoms with Crippen molar-refractivity contribution in [3.8, 4) is 5.69 Å². The van der Waals surface area contributed by atoms with Gasteiger partial charge in [-0.15, -0.1) is 0 Å². The maximum absolute atomic E-state index is 4.67. The van der Waals surface area contributed by atoms with Crippen LogP contribution >= 0.6 is 38.5 Å². The minimum atomic E-state index is 0.945. The number of aliphatic imine (C=N–C) groups is 1. The summed E-state index contributed by atoms with van der Waals surface area (Å²) in [5, 5.41) is 0. The summed E-state index contributed by atoms with van der Waals surface area (Å²) in [5.74, 6) is 0. The Morgan fingerprint density at radius 2 is 1.76 bits per heavy atom. The number of aryl methyl sites for hydroxylation is 3. The first kappa shape index (κ1) is 18.4. The Kier molecular flexibility index (Phi) is 5.49. The predicted molar refractivity (Wildman–Crippen MR) is 119 cm³/mol. The van der Waals surface area contributed by atoms with E-state index < -0.39 is 0 Å². The third-order valence-electron chi connectivity index (χ3n) is 4.32. The van der Waals surface area contributed by atoms with Crippen molar-refractivity contribution < 1.29 is 0 Å². The van der Waals surface area contributed by atoms with E-state index in [1.54, 1.807) is 0 Å². The van der Waals surface area contributed by atoms with E-state index >= 15 is 0 Å². The first-order valence-corrected chi connectivity index (χ1v) is 9.99. The van der Waals surface area contributed by atoms with Crippen LogP contribution in [0.25, 0.3) is 5.69 Å². The van der Waals surface area contributed by atoms with Crippen molar-refractivity contribution in [3.05, 3.63) is 78.6 Å². The summed E-state index contributed by atoms with van der Waals surface area (Å²) in [7, 11) is 0. The summed E-state index contributed by atoms with van der Waals surface area (Å²) in [6.45, 7) is 8.51. The molecular weight excluding hydrogens is 487 g/mol. The normalized spacial score (nSPS) is 11.4. The molecule has 25 heavy (non-hydrogen) atoms. The molecular formula is C21H20BrIN2. The summed E-state index contributed by atoms with van der Waals surface area (Å²) >= 11 is 5.96.